The number of hydrogen-bond acceptors (Lipinski definition) is 3. The number of nitriles is 1. The Morgan fingerprint density at radius 2 is 2.24 bits per heavy atom. The third-order valence-electron chi connectivity index (χ3n) is 2.31. The zero-order valence-electron chi connectivity index (χ0n) is 9.02. The van der Waals surface area contributed by atoms with Crippen LogP contribution in [-0.4, -0.2) is 4.98 Å². The van der Waals surface area contributed by atoms with E-state index in [-0.39, 0.29) is 0 Å². The summed E-state index contributed by atoms with van der Waals surface area (Å²) in [7, 11) is 0. The monoisotopic (exact) mass is 243 g/mol. The minimum Gasteiger partial charge on any atom is -0.381 e. The smallest absolute Gasteiger partial charge is 0.101 e. The van der Waals surface area contributed by atoms with Gasteiger partial charge in [-0.2, -0.15) is 5.26 Å². The van der Waals surface area contributed by atoms with Crippen LogP contribution in [0.3, 0.4) is 0 Å². The Hall–Kier alpha value is -2.05. The molecule has 0 bridgehead atoms. The zero-order chi connectivity index (χ0) is 12.1. The molecule has 4 heteroatoms. The van der Waals surface area contributed by atoms with E-state index in [1.54, 1.807) is 24.5 Å². The van der Waals surface area contributed by atoms with Gasteiger partial charge in [0, 0.05) is 24.6 Å². The fourth-order valence-electron chi connectivity index (χ4n) is 1.43. The SMILES string of the molecule is N#Cc1cc(NCc2cccnc2)ccc1Cl. The average Bonchev–Trinajstić information content (AvgIpc) is 2.39. The number of aromatic nitrogens is 1. The highest BCUT2D eigenvalue weighted by atomic mass is 35.5. The maximum Gasteiger partial charge on any atom is 0.101 e. The summed E-state index contributed by atoms with van der Waals surface area (Å²) >= 11 is 5.85. The Balaban J connectivity index is 2.08. The Morgan fingerprint density at radius 1 is 1.35 bits per heavy atom. The molecule has 0 atom stereocenters. The molecule has 3 nitrogen and oxygen atoms in total. The normalized spacial score (nSPS) is 9.65. The summed E-state index contributed by atoms with van der Waals surface area (Å²) < 4.78 is 0. The van der Waals surface area contributed by atoms with Crippen molar-refractivity contribution in [3.8, 4) is 6.07 Å². The van der Waals surface area contributed by atoms with E-state index >= 15 is 0 Å². The lowest BCUT2D eigenvalue weighted by molar-refractivity contribution is 1.11. The van der Waals surface area contributed by atoms with Gasteiger partial charge in [0.2, 0.25) is 0 Å². The van der Waals surface area contributed by atoms with Crippen molar-refractivity contribution < 1.29 is 0 Å². The van der Waals surface area contributed by atoms with Gasteiger partial charge < -0.3 is 5.32 Å². The second-order valence-corrected chi connectivity index (χ2v) is 3.93. The number of nitrogens with one attached hydrogen (secondary N) is 1. The molecule has 2 rings (SSSR count). The number of pyridine rings is 1. The molecule has 0 aliphatic rings. The van der Waals surface area contributed by atoms with Crippen molar-refractivity contribution in [2.24, 2.45) is 0 Å². The topological polar surface area (TPSA) is 48.7 Å². The fraction of sp³-hybridized carbons (Fsp3) is 0.0769. The molecule has 0 amide bonds. The first kappa shape index (κ1) is 11.4. The molecule has 0 fully saturated rings. The quantitative estimate of drug-likeness (QED) is 0.901. The van der Waals surface area contributed by atoms with E-state index in [1.165, 1.54) is 0 Å². The summed E-state index contributed by atoms with van der Waals surface area (Å²) in [6.07, 6.45) is 3.54. The maximum atomic E-state index is 8.86. The van der Waals surface area contributed by atoms with Gasteiger partial charge in [0.25, 0.3) is 0 Å². The van der Waals surface area contributed by atoms with E-state index in [2.05, 4.69) is 10.3 Å². The third-order valence-corrected chi connectivity index (χ3v) is 2.64. The van der Waals surface area contributed by atoms with Gasteiger partial charge in [-0.25, -0.2) is 0 Å². The summed E-state index contributed by atoms with van der Waals surface area (Å²) in [6.45, 7) is 0.667. The third kappa shape index (κ3) is 2.96. The first-order valence-corrected chi connectivity index (χ1v) is 5.50. The van der Waals surface area contributed by atoms with Crippen LogP contribution in [0.4, 0.5) is 5.69 Å². The van der Waals surface area contributed by atoms with Crippen molar-refractivity contribution in [1.82, 2.24) is 4.98 Å². The molecular weight excluding hydrogens is 234 g/mol. The molecule has 0 unspecified atom stereocenters. The molecule has 0 saturated heterocycles. The lowest BCUT2D eigenvalue weighted by atomic mass is 10.2. The van der Waals surface area contributed by atoms with E-state index in [4.69, 9.17) is 16.9 Å². The van der Waals surface area contributed by atoms with Gasteiger partial charge in [0.1, 0.15) is 6.07 Å². The first-order chi connectivity index (χ1) is 8.29. The minimum absolute atomic E-state index is 0.472. The Kier molecular flexibility index (Phi) is 3.59. The predicted molar refractivity (Wildman–Crippen MR) is 67.7 cm³/mol. The highest BCUT2D eigenvalue weighted by molar-refractivity contribution is 6.31. The number of anilines is 1. The van der Waals surface area contributed by atoms with Crippen LogP contribution in [0, 0.1) is 11.3 Å². The molecule has 0 saturated carbocycles. The van der Waals surface area contributed by atoms with Crippen molar-refractivity contribution in [2.75, 3.05) is 5.32 Å². The summed E-state index contributed by atoms with van der Waals surface area (Å²) in [4.78, 5) is 4.03. The van der Waals surface area contributed by atoms with Crippen LogP contribution in [0.2, 0.25) is 5.02 Å². The van der Waals surface area contributed by atoms with Crippen molar-refractivity contribution in [3.05, 3.63) is 58.9 Å². The van der Waals surface area contributed by atoms with E-state index in [0.29, 0.717) is 17.1 Å². The van der Waals surface area contributed by atoms with Crippen LogP contribution >= 0.6 is 11.6 Å². The van der Waals surface area contributed by atoms with E-state index in [0.717, 1.165) is 11.3 Å². The second-order valence-electron chi connectivity index (χ2n) is 3.52. The van der Waals surface area contributed by atoms with Gasteiger partial charge in [-0.1, -0.05) is 17.7 Å². The number of halogens is 1. The fourth-order valence-corrected chi connectivity index (χ4v) is 1.59. The largest absolute Gasteiger partial charge is 0.381 e. The van der Waals surface area contributed by atoms with Gasteiger partial charge in [-0.05, 0) is 29.8 Å². The molecule has 0 radical (unpaired) electrons. The highest BCUT2D eigenvalue weighted by Crippen LogP contribution is 2.19. The minimum atomic E-state index is 0.472. The second kappa shape index (κ2) is 5.33. The molecular formula is C13H10ClN3. The lowest BCUT2D eigenvalue weighted by Crippen LogP contribution is -1.99. The molecule has 1 aromatic carbocycles. The van der Waals surface area contributed by atoms with Gasteiger partial charge >= 0.3 is 0 Å². The van der Waals surface area contributed by atoms with Crippen molar-refractivity contribution in [3.63, 3.8) is 0 Å². The van der Waals surface area contributed by atoms with Crippen LogP contribution in [0.1, 0.15) is 11.1 Å². The molecule has 0 aliphatic heterocycles. The zero-order valence-corrected chi connectivity index (χ0v) is 9.78. The number of hydrogen-bond donors (Lipinski definition) is 1. The van der Waals surface area contributed by atoms with Crippen molar-refractivity contribution in [1.29, 1.82) is 5.26 Å². The van der Waals surface area contributed by atoms with Crippen molar-refractivity contribution in [2.45, 2.75) is 6.54 Å². The van der Waals surface area contributed by atoms with Gasteiger partial charge in [-0.15, -0.1) is 0 Å². The van der Waals surface area contributed by atoms with E-state index < -0.39 is 0 Å². The number of nitrogens with zero attached hydrogens (tertiary/aromatic N) is 2. The summed E-state index contributed by atoms with van der Waals surface area (Å²) in [5, 5.41) is 12.5. The van der Waals surface area contributed by atoms with Crippen LogP contribution in [0.5, 0.6) is 0 Å². The predicted octanol–water partition coefficient (Wildman–Crippen LogP) is 3.22. The highest BCUT2D eigenvalue weighted by Gasteiger charge is 2.00. The molecule has 1 N–H and O–H groups in total. The number of benzene rings is 1. The Labute approximate surface area is 105 Å². The molecule has 17 heavy (non-hydrogen) atoms. The molecule has 1 heterocycles. The first-order valence-electron chi connectivity index (χ1n) is 5.12. The van der Waals surface area contributed by atoms with Gasteiger partial charge in [0.15, 0.2) is 0 Å². The molecule has 0 aliphatic carbocycles. The molecule has 0 spiro atoms. The average molecular weight is 244 g/mol. The van der Waals surface area contributed by atoms with Crippen LogP contribution < -0.4 is 5.32 Å². The van der Waals surface area contributed by atoms with Gasteiger partial charge in [0.05, 0.1) is 10.6 Å². The van der Waals surface area contributed by atoms with Crippen LogP contribution in [0.15, 0.2) is 42.7 Å². The summed E-state index contributed by atoms with van der Waals surface area (Å²) in [6, 6.07) is 11.2. The summed E-state index contributed by atoms with van der Waals surface area (Å²) in [5.74, 6) is 0. The molecule has 2 aromatic rings. The number of rotatable bonds is 3. The Bertz CT molecular complexity index is 546. The maximum absolute atomic E-state index is 8.86. The molecule has 1 aromatic heterocycles. The molecule has 84 valence electrons. The van der Waals surface area contributed by atoms with Crippen LogP contribution in [0.25, 0.3) is 0 Å². The van der Waals surface area contributed by atoms with Gasteiger partial charge in [-0.3, -0.25) is 4.98 Å². The van der Waals surface area contributed by atoms with Crippen molar-refractivity contribution >= 4 is 17.3 Å². The lowest BCUT2D eigenvalue weighted by Gasteiger charge is -2.06. The Morgan fingerprint density at radius 3 is 2.94 bits per heavy atom. The van der Waals surface area contributed by atoms with Crippen LogP contribution in [-0.2, 0) is 6.54 Å². The van der Waals surface area contributed by atoms with E-state index in [1.807, 2.05) is 24.3 Å². The van der Waals surface area contributed by atoms with E-state index in [9.17, 15) is 0 Å². The standard InChI is InChI=1S/C13H10ClN3/c14-13-4-3-12(6-11(13)7-15)17-9-10-2-1-5-16-8-10/h1-6,8,17H,9H2. The summed E-state index contributed by atoms with van der Waals surface area (Å²) in [5.41, 5.74) is 2.43.